The molecule has 0 aromatic heterocycles. The number of ketones is 1. The topological polar surface area (TPSA) is 40.6 Å². The van der Waals surface area contributed by atoms with Crippen molar-refractivity contribution >= 4 is 11.7 Å². The van der Waals surface area contributed by atoms with Gasteiger partial charge < -0.3 is 4.90 Å². The number of carbonyl (C=O) groups excluding carboxylic acids is 2. The third-order valence-corrected chi connectivity index (χ3v) is 5.26. The molecule has 4 aliphatic rings. The number of piperidine rings is 2. The first-order valence-corrected chi connectivity index (χ1v) is 8.32. The normalized spacial score (nSPS) is 33.5. The van der Waals surface area contributed by atoms with Crippen LogP contribution in [-0.4, -0.2) is 53.2 Å². The van der Waals surface area contributed by atoms with Crippen molar-refractivity contribution in [1.29, 1.82) is 0 Å². The highest BCUT2D eigenvalue weighted by Crippen LogP contribution is 2.27. The van der Waals surface area contributed by atoms with Gasteiger partial charge in [0.25, 0.3) is 0 Å². The molecule has 0 radical (unpaired) electrons. The van der Waals surface area contributed by atoms with Crippen LogP contribution in [0.5, 0.6) is 0 Å². The molecule has 0 aliphatic carbocycles. The second kappa shape index (κ2) is 6.25. The van der Waals surface area contributed by atoms with Crippen molar-refractivity contribution in [3.8, 4) is 0 Å². The molecule has 4 rings (SSSR count). The van der Waals surface area contributed by atoms with Gasteiger partial charge in [0.05, 0.1) is 6.04 Å². The molecule has 0 aromatic carbocycles. The van der Waals surface area contributed by atoms with Crippen LogP contribution in [0.3, 0.4) is 0 Å². The SMILES string of the molecule is O=C1CCCC2CCCN12.O=C1CCN2CCCCC12. The van der Waals surface area contributed by atoms with E-state index in [2.05, 4.69) is 9.80 Å². The number of fused-ring (bicyclic) bond motifs is 2. The molecule has 0 N–H and O–H groups in total. The minimum Gasteiger partial charge on any atom is -0.340 e. The van der Waals surface area contributed by atoms with Gasteiger partial charge in [0.1, 0.15) is 0 Å². The molecular formula is C16H26N2O2. The fourth-order valence-corrected chi connectivity index (χ4v) is 4.14. The summed E-state index contributed by atoms with van der Waals surface area (Å²) in [6, 6.07) is 0.954. The van der Waals surface area contributed by atoms with Crippen molar-refractivity contribution in [3.05, 3.63) is 0 Å². The maximum Gasteiger partial charge on any atom is 0.222 e. The van der Waals surface area contributed by atoms with Gasteiger partial charge in [-0.1, -0.05) is 6.42 Å². The zero-order valence-electron chi connectivity index (χ0n) is 12.4. The Hall–Kier alpha value is -0.900. The van der Waals surface area contributed by atoms with Crippen LogP contribution in [0.4, 0.5) is 0 Å². The lowest BCUT2D eigenvalue weighted by Gasteiger charge is -2.29. The van der Waals surface area contributed by atoms with E-state index in [9.17, 15) is 9.59 Å². The minimum atomic E-state index is 0.328. The zero-order valence-corrected chi connectivity index (χ0v) is 12.4. The van der Waals surface area contributed by atoms with Gasteiger partial charge in [-0.2, -0.15) is 0 Å². The van der Waals surface area contributed by atoms with Gasteiger partial charge in [-0.15, -0.1) is 0 Å². The number of amides is 1. The molecule has 2 unspecified atom stereocenters. The van der Waals surface area contributed by atoms with E-state index in [1.54, 1.807) is 0 Å². The third-order valence-electron chi connectivity index (χ3n) is 5.26. The predicted molar refractivity (Wildman–Crippen MR) is 77.4 cm³/mol. The molecule has 20 heavy (non-hydrogen) atoms. The number of rotatable bonds is 0. The minimum absolute atomic E-state index is 0.328. The van der Waals surface area contributed by atoms with Crippen LogP contribution >= 0.6 is 0 Å². The summed E-state index contributed by atoms with van der Waals surface area (Å²) in [5.41, 5.74) is 0. The van der Waals surface area contributed by atoms with Crippen LogP contribution in [0.15, 0.2) is 0 Å². The molecule has 4 heteroatoms. The van der Waals surface area contributed by atoms with Gasteiger partial charge in [0.15, 0.2) is 5.78 Å². The van der Waals surface area contributed by atoms with Gasteiger partial charge in [-0.05, 0) is 45.1 Å². The molecule has 4 fully saturated rings. The van der Waals surface area contributed by atoms with Crippen LogP contribution in [0, 0.1) is 0 Å². The fraction of sp³-hybridized carbons (Fsp3) is 0.875. The summed E-state index contributed by atoms with van der Waals surface area (Å²) in [5, 5.41) is 0. The van der Waals surface area contributed by atoms with Crippen LogP contribution in [0.1, 0.15) is 57.8 Å². The molecule has 4 heterocycles. The zero-order chi connectivity index (χ0) is 13.9. The fourth-order valence-electron chi connectivity index (χ4n) is 4.14. The predicted octanol–water partition coefficient (Wildman–Crippen LogP) is 1.97. The van der Waals surface area contributed by atoms with Crippen molar-refractivity contribution in [2.45, 2.75) is 69.9 Å². The summed E-state index contributed by atoms with van der Waals surface area (Å²) < 4.78 is 0. The summed E-state index contributed by atoms with van der Waals surface area (Å²) in [5.74, 6) is 0.883. The first-order valence-electron chi connectivity index (χ1n) is 8.32. The van der Waals surface area contributed by atoms with Gasteiger partial charge in [-0.3, -0.25) is 14.5 Å². The average Bonchev–Trinajstić information content (AvgIpc) is 3.08. The Morgan fingerprint density at radius 2 is 1.65 bits per heavy atom. The van der Waals surface area contributed by atoms with Crippen molar-refractivity contribution in [3.63, 3.8) is 0 Å². The summed E-state index contributed by atoms with van der Waals surface area (Å²) >= 11 is 0. The molecule has 0 aromatic rings. The largest absolute Gasteiger partial charge is 0.340 e. The van der Waals surface area contributed by atoms with E-state index in [0.717, 1.165) is 45.3 Å². The van der Waals surface area contributed by atoms with E-state index in [0.29, 0.717) is 23.8 Å². The van der Waals surface area contributed by atoms with Gasteiger partial charge in [0.2, 0.25) is 5.91 Å². The Labute approximate surface area is 121 Å². The average molecular weight is 278 g/mol. The Morgan fingerprint density at radius 1 is 0.800 bits per heavy atom. The lowest BCUT2D eigenvalue weighted by Crippen LogP contribution is -2.38. The molecule has 1 amide bonds. The highest BCUT2D eigenvalue weighted by atomic mass is 16.2. The monoisotopic (exact) mass is 278 g/mol. The first-order chi connectivity index (χ1) is 9.75. The highest BCUT2D eigenvalue weighted by Gasteiger charge is 2.33. The maximum absolute atomic E-state index is 11.2. The summed E-state index contributed by atoms with van der Waals surface area (Å²) in [7, 11) is 0. The molecule has 0 spiro atoms. The van der Waals surface area contributed by atoms with Gasteiger partial charge >= 0.3 is 0 Å². The summed E-state index contributed by atoms with van der Waals surface area (Å²) in [6.07, 6.45) is 10.2. The van der Waals surface area contributed by atoms with Crippen LogP contribution in [0.25, 0.3) is 0 Å². The molecule has 0 bridgehead atoms. The molecule has 0 saturated carbocycles. The van der Waals surface area contributed by atoms with Crippen LogP contribution < -0.4 is 0 Å². The van der Waals surface area contributed by atoms with E-state index in [1.807, 2.05) is 0 Å². The molecule has 2 atom stereocenters. The molecule has 4 aliphatic heterocycles. The third kappa shape index (κ3) is 2.90. The smallest absolute Gasteiger partial charge is 0.222 e. The number of carbonyl (C=O) groups is 2. The van der Waals surface area contributed by atoms with E-state index in [4.69, 9.17) is 0 Å². The first kappa shape index (κ1) is 14.1. The van der Waals surface area contributed by atoms with E-state index < -0.39 is 0 Å². The van der Waals surface area contributed by atoms with E-state index >= 15 is 0 Å². The Kier molecular flexibility index (Phi) is 4.39. The van der Waals surface area contributed by atoms with Crippen LogP contribution in [0.2, 0.25) is 0 Å². The summed E-state index contributed by atoms with van der Waals surface area (Å²) in [4.78, 5) is 26.8. The molecule has 4 nitrogen and oxygen atoms in total. The lowest BCUT2D eigenvalue weighted by molar-refractivity contribution is -0.134. The molecular weight excluding hydrogens is 252 g/mol. The molecule has 4 saturated heterocycles. The van der Waals surface area contributed by atoms with Crippen molar-refractivity contribution in [1.82, 2.24) is 9.80 Å². The van der Waals surface area contributed by atoms with E-state index in [1.165, 1.54) is 32.1 Å². The number of Topliss-reactive ketones (excluding diaryl/α,β-unsaturated/α-hetero) is 1. The second-order valence-electron chi connectivity index (χ2n) is 6.54. The number of nitrogens with zero attached hydrogens (tertiary/aromatic N) is 2. The summed E-state index contributed by atoms with van der Waals surface area (Å²) in [6.45, 7) is 3.23. The molecule has 112 valence electrons. The number of hydrogen-bond donors (Lipinski definition) is 0. The quantitative estimate of drug-likeness (QED) is 0.680. The standard InChI is InChI=1S/2C8H13NO/c10-8-5-1-3-7-4-2-6-9(7)8;10-8-4-6-9-5-2-1-3-7(8)9/h2*7H,1-6H2. The Balaban J connectivity index is 0.000000121. The van der Waals surface area contributed by atoms with Gasteiger partial charge in [0, 0.05) is 32.0 Å². The van der Waals surface area contributed by atoms with Crippen LogP contribution in [-0.2, 0) is 9.59 Å². The van der Waals surface area contributed by atoms with Gasteiger partial charge in [-0.25, -0.2) is 0 Å². The second-order valence-corrected chi connectivity index (χ2v) is 6.54. The Bertz CT molecular complexity index is 381. The van der Waals surface area contributed by atoms with Crippen molar-refractivity contribution in [2.75, 3.05) is 19.6 Å². The number of hydrogen-bond acceptors (Lipinski definition) is 3. The van der Waals surface area contributed by atoms with Crippen molar-refractivity contribution in [2.24, 2.45) is 0 Å². The maximum atomic E-state index is 11.2. The van der Waals surface area contributed by atoms with Crippen molar-refractivity contribution < 1.29 is 9.59 Å². The lowest BCUT2D eigenvalue weighted by atomic mass is 10.0. The Morgan fingerprint density at radius 3 is 2.45 bits per heavy atom. The van der Waals surface area contributed by atoms with E-state index in [-0.39, 0.29) is 0 Å². The highest BCUT2D eigenvalue weighted by molar-refractivity contribution is 5.86.